The van der Waals surface area contributed by atoms with E-state index in [9.17, 15) is 4.79 Å². The van der Waals surface area contributed by atoms with Crippen LogP contribution in [0.15, 0.2) is 0 Å². The predicted molar refractivity (Wildman–Crippen MR) is 58.0 cm³/mol. The van der Waals surface area contributed by atoms with E-state index in [1.54, 1.807) is 0 Å². The molecule has 1 N–H and O–H groups in total. The molecule has 1 unspecified atom stereocenters. The van der Waals surface area contributed by atoms with Crippen molar-refractivity contribution in [3.63, 3.8) is 0 Å². The zero-order valence-electron chi connectivity index (χ0n) is 9.45. The molecule has 15 heavy (non-hydrogen) atoms. The topological polar surface area (TPSA) is 49.8 Å². The summed E-state index contributed by atoms with van der Waals surface area (Å²) in [6.07, 6.45) is 4.92. The summed E-state index contributed by atoms with van der Waals surface area (Å²) in [4.78, 5) is 12.5. The van der Waals surface area contributed by atoms with Crippen molar-refractivity contribution in [1.82, 2.24) is 4.90 Å². The fourth-order valence-electron chi connectivity index (χ4n) is 1.89. The fourth-order valence-corrected chi connectivity index (χ4v) is 1.89. The summed E-state index contributed by atoms with van der Waals surface area (Å²) in [6.45, 7) is 2.65. The Labute approximate surface area is 91.2 Å². The lowest BCUT2D eigenvalue weighted by Crippen LogP contribution is -2.34. The first-order chi connectivity index (χ1) is 7.18. The van der Waals surface area contributed by atoms with Crippen molar-refractivity contribution >= 4 is 5.97 Å². The first-order valence-electron chi connectivity index (χ1n) is 5.70. The van der Waals surface area contributed by atoms with Gasteiger partial charge in [-0.3, -0.25) is 4.79 Å². The van der Waals surface area contributed by atoms with Crippen LogP contribution in [0.5, 0.6) is 0 Å². The van der Waals surface area contributed by atoms with Gasteiger partial charge in [-0.05, 0) is 39.3 Å². The lowest BCUT2D eigenvalue weighted by Gasteiger charge is -2.27. The molecular formula is C11H21NO3. The van der Waals surface area contributed by atoms with Crippen LogP contribution < -0.4 is 0 Å². The van der Waals surface area contributed by atoms with Crippen molar-refractivity contribution in [3.8, 4) is 0 Å². The van der Waals surface area contributed by atoms with E-state index in [-0.39, 0.29) is 6.42 Å². The number of likely N-dealkylation sites (N-methyl/N-ethyl adjacent to an activating group) is 1. The molecule has 0 bridgehead atoms. The maximum atomic E-state index is 10.3. The number of carboxylic acids is 1. The second kappa shape index (κ2) is 6.80. The van der Waals surface area contributed by atoms with E-state index >= 15 is 0 Å². The van der Waals surface area contributed by atoms with E-state index < -0.39 is 5.97 Å². The maximum absolute atomic E-state index is 10.3. The van der Waals surface area contributed by atoms with Crippen molar-refractivity contribution in [2.24, 2.45) is 0 Å². The summed E-state index contributed by atoms with van der Waals surface area (Å²) in [5, 5.41) is 8.50. The summed E-state index contributed by atoms with van der Waals surface area (Å²) in [5.74, 6) is -0.711. The average Bonchev–Trinajstić information content (AvgIpc) is 2.18. The van der Waals surface area contributed by atoms with Gasteiger partial charge in [0.15, 0.2) is 0 Å². The number of carboxylic acid groups (broad SMARTS) is 1. The molecule has 1 rings (SSSR count). The molecule has 0 radical (unpaired) electrons. The summed E-state index contributed by atoms with van der Waals surface area (Å²) in [6, 6.07) is 0. The zero-order chi connectivity index (χ0) is 11.1. The third kappa shape index (κ3) is 5.74. The van der Waals surface area contributed by atoms with Crippen LogP contribution in [0.2, 0.25) is 0 Å². The first-order valence-corrected chi connectivity index (χ1v) is 5.70. The number of rotatable bonds is 6. The first kappa shape index (κ1) is 12.5. The summed E-state index contributed by atoms with van der Waals surface area (Å²) >= 11 is 0. The van der Waals surface area contributed by atoms with Crippen LogP contribution in [0.25, 0.3) is 0 Å². The summed E-state index contributed by atoms with van der Waals surface area (Å²) < 4.78 is 5.62. The number of aliphatic carboxylic acids is 1. The molecule has 1 aliphatic rings. The lowest BCUT2D eigenvalue weighted by molar-refractivity contribution is -0.137. The highest BCUT2D eigenvalue weighted by molar-refractivity contribution is 5.66. The van der Waals surface area contributed by atoms with Crippen LogP contribution in [0.1, 0.15) is 32.1 Å². The van der Waals surface area contributed by atoms with Crippen LogP contribution in [0, 0.1) is 0 Å². The number of ether oxygens (including phenoxy) is 1. The maximum Gasteiger partial charge on any atom is 0.303 e. The van der Waals surface area contributed by atoms with Gasteiger partial charge >= 0.3 is 5.97 Å². The van der Waals surface area contributed by atoms with Gasteiger partial charge in [0.05, 0.1) is 6.10 Å². The largest absolute Gasteiger partial charge is 0.481 e. The molecule has 0 amide bonds. The molecule has 1 atom stereocenters. The molecule has 0 aliphatic carbocycles. The molecule has 4 nitrogen and oxygen atoms in total. The number of hydrogen-bond acceptors (Lipinski definition) is 3. The van der Waals surface area contributed by atoms with Gasteiger partial charge in [0.2, 0.25) is 0 Å². The van der Waals surface area contributed by atoms with Crippen molar-refractivity contribution in [3.05, 3.63) is 0 Å². The van der Waals surface area contributed by atoms with E-state index in [1.165, 1.54) is 12.8 Å². The monoisotopic (exact) mass is 215 g/mol. The number of hydrogen-bond donors (Lipinski definition) is 1. The van der Waals surface area contributed by atoms with Gasteiger partial charge < -0.3 is 14.7 Å². The number of nitrogens with zero attached hydrogens (tertiary/aromatic N) is 1. The Bertz CT molecular complexity index is 190. The van der Waals surface area contributed by atoms with Crippen LogP contribution in [-0.4, -0.2) is 48.8 Å². The predicted octanol–water partition coefficient (Wildman–Crippen LogP) is 1.35. The molecule has 1 fully saturated rings. The molecule has 0 spiro atoms. The Hall–Kier alpha value is -0.610. The summed E-state index contributed by atoms with van der Waals surface area (Å²) in [5.41, 5.74) is 0. The molecule has 1 aliphatic heterocycles. The lowest BCUT2D eigenvalue weighted by atomic mass is 10.1. The third-order valence-corrected chi connectivity index (χ3v) is 2.72. The van der Waals surface area contributed by atoms with Gasteiger partial charge in [-0.25, -0.2) is 0 Å². The second-order valence-corrected chi connectivity index (χ2v) is 4.25. The normalized spacial score (nSPS) is 21.9. The smallest absolute Gasteiger partial charge is 0.303 e. The third-order valence-electron chi connectivity index (χ3n) is 2.72. The van der Waals surface area contributed by atoms with Crippen LogP contribution in [0.4, 0.5) is 0 Å². The molecule has 0 saturated carbocycles. The minimum atomic E-state index is -0.711. The van der Waals surface area contributed by atoms with Gasteiger partial charge in [-0.1, -0.05) is 0 Å². The SMILES string of the molecule is CN(CCCC(=O)O)CC1CCCCO1. The molecule has 4 heteroatoms. The number of carbonyl (C=O) groups is 1. The molecule has 0 aromatic heterocycles. The average molecular weight is 215 g/mol. The van der Waals surface area contributed by atoms with Crippen molar-refractivity contribution < 1.29 is 14.6 Å². The van der Waals surface area contributed by atoms with Crippen molar-refractivity contribution in [1.29, 1.82) is 0 Å². The van der Waals surface area contributed by atoms with E-state index in [4.69, 9.17) is 9.84 Å². The molecule has 0 aromatic rings. The zero-order valence-corrected chi connectivity index (χ0v) is 9.45. The van der Waals surface area contributed by atoms with Gasteiger partial charge in [-0.15, -0.1) is 0 Å². The van der Waals surface area contributed by atoms with Gasteiger partial charge in [0.1, 0.15) is 0 Å². The Kier molecular flexibility index (Phi) is 5.65. The van der Waals surface area contributed by atoms with Gasteiger partial charge in [-0.2, -0.15) is 0 Å². The quantitative estimate of drug-likeness (QED) is 0.726. The highest BCUT2D eigenvalue weighted by Gasteiger charge is 2.15. The van der Waals surface area contributed by atoms with Gasteiger partial charge in [0.25, 0.3) is 0 Å². The van der Waals surface area contributed by atoms with Crippen LogP contribution in [0.3, 0.4) is 0 Å². The Balaban J connectivity index is 2.06. The van der Waals surface area contributed by atoms with Gasteiger partial charge in [0, 0.05) is 19.6 Å². The Morgan fingerprint density at radius 3 is 2.93 bits per heavy atom. The molecular weight excluding hydrogens is 194 g/mol. The molecule has 1 heterocycles. The van der Waals surface area contributed by atoms with E-state index in [0.29, 0.717) is 6.10 Å². The van der Waals surface area contributed by atoms with E-state index in [0.717, 1.165) is 32.5 Å². The highest BCUT2D eigenvalue weighted by atomic mass is 16.5. The molecule has 0 aromatic carbocycles. The molecule has 1 saturated heterocycles. The summed E-state index contributed by atoms with van der Waals surface area (Å²) in [7, 11) is 2.03. The molecule has 88 valence electrons. The minimum absolute atomic E-state index is 0.260. The van der Waals surface area contributed by atoms with Crippen LogP contribution >= 0.6 is 0 Å². The Morgan fingerprint density at radius 1 is 1.53 bits per heavy atom. The van der Waals surface area contributed by atoms with Crippen LogP contribution in [-0.2, 0) is 9.53 Å². The van der Waals surface area contributed by atoms with E-state index in [2.05, 4.69) is 4.90 Å². The van der Waals surface area contributed by atoms with Crippen molar-refractivity contribution in [2.75, 3.05) is 26.7 Å². The minimum Gasteiger partial charge on any atom is -0.481 e. The van der Waals surface area contributed by atoms with E-state index in [1.807, 2.05) is 7.05 Å². The fraction of sp³-hybridized carbons (Fsp3) is 0.909. The second-order valence-electron chi connectivity index (χ2n) is 4.25. The standard InChI is InChI=1S/C11H21NO3/c1-12(7-4-6-11(13)14)9-10-5-2-3-8-15-10/h10H,2-9H2,1H3,(H,13,14). The van der Waals surface area contributed by atoms with Crippen molar-refractivity contribution in [2.45, 2.75) is 38.2 Å². The Morgan fingerprint density at radius 2 is 2.33 bits per heavy atom. The highest BCUT2D eigenvalue weighted by Crippen LogP contribution is 2.13.